The molecule has 0 spiro atoms. The van der Waals surface area contributed by atoms with E-state index in [0.717, 1.165) is 44.0 Å². The third-order valence-corrected chi connectivity index (χ3v) is 3.91. The van der Waals surface area contributed by atoms with Gasteiger partial charge in [-0.1, -0.05) is 6.92 Å². The topological polar surface area (TPSA) is 44.8 Å². The molecule has 1 heterocycles. The van der Waals surface area contributed by atoms with Gasteiger partial charge in [0, 0.05) is 37.6 Å². The van der Waals surface area contributed by atoms with E-state index in [1.165, 1.54) is 5.69 Å². The Balaban J connectivity index is 2.00. The fourth-order valence-corrected chi connectivity index (χ4v) is 2.58. The molecule has 1 fully saturated rings. The number of carbonyl (C=O) groups is 1. The predicted octanol–water partition coefficient (Wildman–Crippen LogP) is 2.71. The van der Waals surface area contributed by atoms with Gasteiger partial charge in [0.05, 0.1) is 6.61 Å². The summed E-state index contributed by atoms with van der Waals surface area (Å²) in [6.45, 7) is 11.8. The summed E-state index contributed by atoms with van der Waals surface area (Å²) in [5.41, 5.74) is 3.08. The van der Waals surface area contributed by atoms with E-state index in [9.17, 15) is 4.79 Å². The Kier molecular flexibility index (Phi) is 5.44. The number of ether oxygens (including phenoxy) is 1. The highest BCUT2D eigenvalue weighted by molar-refractivity contribution is 5.86. The summed E-state index contributed by atoms with van der Waals surface area (Å²) in [6.07, 6.45) is -0.398. The average Bonchev–Trinajstić information content (AvgIpc) is 2.50. The third-order valence-electron chi connectivity index (χ3n) is 3.91. The van der Waals surface area contributed by atoms with Crippen LogP contribution in [0.3, 0.4) is 0 Å². The molecule has 0 aliphatic carbocycles. The molecule has 1 aromatic carbocycles. The van der Waals surface area contributed by atoms with Gasteiger partial charge < -0.3 is 14.5 Å². The molecule has 0 aromatic heterocycles. The number of nitrogens with zero attached hydrogens (tertiary/aromatic N) is 2. The number of hydrogen-bond donors (Lipinski definition) is 1. The first-order valence-electron chi connectivity index (χ1n) is 7.65. The lowest BCUT2D eigenvalue weighted by Gasteiger charge is -2.35. The minimum absolute atomic E-state index is 0.380. The van der Waals surface area contributed by atoms with Crippen LogP contribution in [0.25, 0.3) is 0 Å². The molecule has 2 rings (SSSR count). The first-order valence-corrected chi connectivity index (χ1v) is 7.65. The summed E-state index contributed by atoms with van der Waals surface area (Å²) in [5.74, 6) is 0. The van der Waals surface area contributed by atoms with Gasteiger partial charge in [0.15, 0.2) is 0 Å². The highest BCUT2D eigenvalue weighted by Gasteiger charge is 2.16. The number of hydrogen-bond acceptors (Lipinski definition) is 4. The Morgan fingerprint density at radius 1 is 1.24 bits per heavy atom. The highest BCUT2D eigenvalue weighted by Crippen LogP contribution is 2.23. The van der Waals surface area contributed by atoms with Gasteiger partial charge in [-0.05, 0) is 44.2 Å². The molecule has 1 N–H and O–H groups in total. The van der Waals surface area contributed by atoms with Crippen molar-refractivity contribution >= 4 is 17.5 Å². The summed E-state index contributed by atoms with van der Waals surface area (Å²) in [7, 11) is 0. The Morgan fingerprint density at radius 2 is 1.95 bits per heavy atom. The molecular formula is C16H25N3O2. The number of anilines is 2. The molecule has 5 nitrogen and oxygen atoms in total. The second-order valence-electron chi connectivity index (χ2n) is 5.27. The van der Waals surface area contributed by atoms with Gasteiger partial charge in [0.2, 0.25) is 0 Å². The number of amides is 1. The van der Waals surface area contributed by atoms with Crippen molar-refractivity contribution in [3.63, 3.8) is 0 Å². The number of piperazine rings is 1. The van der Waals surface area contributed by atoms with E-state index in [-0.39, 0.29) is 0 Å². The van der Waals surface area contributed by atoms with Crippen LogP contribution in [-0.4, -0.2) is 50.3 Å². The van der Waals surface area contributed by atoms with Crippen molar-refractivity contribution in [2.24, 2.45) is 0 Å². The molecule has 1 aromatic rings. The third kappa shape index (κ3) is 4.11. The number of rotatable bonds is 4. The van der Waals surface area contributed by atoms with Crippen molar-refractivity contribution < 1.29 is 9.53 Å². The van der Waals surface area contributed by atoms with Crippen LogP contribution in [0, 0.1) is 6.92 Å². The van der Waals surface area contributed by atoms with E-state index in [1.54, 1.807) is 6.92 Å². The highest BCUT2D eigenvalue weighted by atomic mass is 16.5. The number of likely N-dealkylation sites (N-methyl/N-ethyl adjacent to an activating group) is 1. The van der Waals surface area contributed by atoms with Gasteiger partial charge >= 0.3 is 6.09 Å². The van der Waals surface area contributed by atoms with E-state index >= 15 is 0 Å². The zero-order valence-electron chi connectivity index (χ0n) is 13.2. The molecule has 1 amide bonds. The minimum Gasteiger partial charge on any atom is -0.450 e. The maximum absolute atomic E-state index is 11.5. The van der Waals surface area contributed by atoms with Crippen molar-refractivity contribution in [3.05, 3.63) is 23.8 Å². The number of carbonyl (C=O) groups excluding carboxylic acids is 1. The van der Waals surface area contributed by atoms with Crippen LogP contribution < -0.4 is 10.2 Å². The van der Waals surface area contributed by atoms with Crippen LogP contribution >= 0.6 is 0 Å². The molecule has 1 saturated heterocycles. The number of benzene rings is 1. The van der Waals surface area contributed by atoms with Crippen molar-refractivity contribution in [1.82, 2.24) is 4.90 Å². The number of aryl methyl sites for hydroxylation is 1. The van der Waals surface area contributed by atoms with Crippen LogP contribution in [0.5, 0.6) is 0 Å². The lowest BCUT2D eigenvalue weighted by atomic mass is 10.1. The van der Waals surface area contributed by atoms with E-state index in [1.807, 2.05) is 13.0 Å². The van der Waals surface area contributed by atoms with Gasteiger partial charge in [-0.25, -0.2) is 4.79 Å². The summed E-state index contributed by atoms with van der Waals surface area (Å²) in [6, 6.07) is 6.15. The van der Waals surface area contributed by atoms with Crippen LogP contribution in [0.4, 0.5) is 16.2 Å². The molecule has 0 radical (unpaired) electrons. The lowest BCUT2D eigenvalue weighted by molar-refractivity contribution is 0.168. The first-order chi connectivity index (χ1) is 10.1. The molecule has 0 unspecified atom stereocenters. The van der Waals surface area contributed by atoms with Crippen LogP contribution in [0.1, 0.15) is 19.4 Å². The number of nitrogens with one attached hydrogen (secondary N) is 1. The molecule has 1 aliphatic rings. The van der Waals surface area contributed by atoms with Crippen molar-refractivity contribution in [2.75, 3.05) is 49.5 Å². The average molecular weight is 291 g/mol. The Bertz CT molecular complexity index is 482. The maximum Gasteiger partial charge on any atom is 0.411 e. The van der Waals surface area contributed by atoms with Crippen molar-refractivity contribution in [2.45, 2.75) is 20.8 Å². The molecule has 0 saturated carbocycles. The molecule has 0 bridgehead atoms. The predicted molar refractivity (Wildman–Crippen MR) is 86.2 cm³/mol. The molecular weight excluding hydrogens is 266 g/mol. The standard InChI is InChI=1S/C16H25N3O2/c1-4-18-8-10-19(11-9-18)14-6-7-15(13(3)12-14)17-16(20)21-5-2/h6-7,12H,4-5,8-11H2,1-3H3,(H,17,20). The fraction of sp³-hybridized carbons (Fsp3) is 0.562. The van der Waals surface area contributed by atoms with Gasteiger partial charge in [-0.3, -0.25) is 5.32 Å². The van der Waals surface area contributed by atoms with Crippen LogP contribution in [0.2, 0.25) is 0 Å². The Morgan fingerprint density at radius 3 is 2.52 bits per heavy atom. The van der Waals surface area contributed by atoms with E-state index < -0.39 is 6.09 Å². The van der Waals surface area contributed by atoms with Crippen molar-refractivity contribution in [3.8, 4) is 0 Å². The second kappa shape index (κ2) is 7.31. The zero-order valence-corrected chi connectivity index (χ0v) is 13.2. The van der Waals surface area contributed by atoms with Gasteiger partial charge in [-0.2, -0.15) is 0 Å². The zero-order chi connectivity index (χ0) is 15.2. The molecule has 116 valence electrons. The summed E-state index contributed by atoms with van der Waals surface area (Å²) < 4.78 is 4.91. The fourth-order valence-electron chi connectivity index (χ4n) is 2.58. The largest absolute Gasteiger partial charge is 0.450 e. The van der Waals surface area contributed by atoms with Gasteiger partial charge in [0.1, 0.15) is 0 Å². The molecule has 1 aliphatic heterocycles. The molecule has 21 heavy (non-hydrogen) atoms. The summed E-state index contributed by atoms with van der Waals surface area (Å²) in [5, 5.41) is 2.77. The minimum atomic E-state index is -0.398. The van der Waals surface area contributed by atoms with Gasteiger partial charge in [-0.15, -0.1) is 0 Å². The second-order valence-corrected chi connectivity index (χ2v) is 5.27. The van der Waals surface area contributed by atoms with Crippen LogP contribution in [0.15, 0.2) is 18.2 Å². The van der Waals surface area contributed by atoms with E-state index in [2.05, 4.69) is 34.2 Å². The normalized spacial score (nSPS) is 15.9. The summed E-state index contributed by atoms with van der Waals surface area (Å²) >= 11 is 0. The Hall–Kier alpha value is -1.75. The van der Waals surface area contributed by atoms with Crippen LogP contribution in [-0.2, 0) is 4.74 Å². The van der Waals surface area contributed by atoms with Crippen molar-refractivity contribution in [1.29, 1.82) is 0 Å². The maximum atomic E-state index is 11.5. The lowest BCUT2D eigenvalue weighted by Crippen LogP contribution is -2.46. The molecule has 0 atom stereocenters. The summed E-state index contributed by atoms with van der Waals surface area (Å²) in [4.78, 5) is 16.3. The van der Waals surface area contributed by atoms with Gasteiger partial charge in [0.25, 0.3) is 0 Å². The smallest absolute Gasteiger partial charge is 0.411 e. The van der Waals surface area contributed by atoms with E-state index in [4.69, 9.17) is 4.74 Å². The molecule has 5 heteroatoms. The Labute approximate surface area is 126 Å². The first kappa shape index (κ1) is 15.6. The van der Waals surface area contributed by atoms with E-state index in [0.29, 0.717) is 6.61 Å². The quantitative estimate of drug-likeness (QED) is 0.926. The monoisotopic (exact) mass is 291 g/mol. The SMILES string of the molecule is CCOC(=O)Nc1ccc(N2CCN(CC)CC2)cc1C.